The highest BCUT2D eigenvalue weighted by Gasteiger charge is 2.82. The van der Waals surface area contributed by atoms with Crippen LogP contribution in [0.1, 0.15) is 99.3 Å². The topological polar surface area (TPSA) is 26.3 Å². The van der Waals surface area contributed by atoms with E-state index in [-0.39, 0.29) is 17.5 Å². The van der Waals surface area contributed by atoms with Crippen molar-refractivity contribution in [1.82, 2.24) is 0 Å². The van der Waals surface area contributed by atoms with Gasteiger partial charge in [-0.25, -0.2) is 0 Å². The molecule has 2 spiro atoms. The maximum Gasteiger partial charge on any atom is 0.302 e. The van der Waals surface area contributed by atoms with Gasteiger partial charge in [0.25, 0.3) is 0 Å². The molecule has 0 heterocycles. The molecule has 2 nitrogen and oxygen atoms in total. The molecule has 5 aliphatic rings. The Balaban J connectivity index is 1.47. The third-order valence-electron chi connectivity index (χ3n) is 12.4. The second kappa shape index (κ2) is 6.16. The highest BCUT2D eigenvalue weighted by molar-refractivity contribution is 5.66. The Morgan fingerprint density at radius 3 is 2.27 bits per heavy atom. The van der Waals surface area contributed by atoms with Crippen LogP contribution in [0.2, 0.25) is 0 Å². The van der Waals surface area contributed by atoms with Crippen molar-refractivity contribution in [2.24, 2.45) is 50.7 Å². The molecular weight excluding hydrogens is 368 g/mol. The second-order valence-corrected chi connectivity index (χ2v) is 13.2. The quantitative estimate of drug-likeness (QED) is 0.362. The smallest absolute Gasteiger partial charge is 0.302 e. The van der Waals surface area contributed by atoms with Crippen LogP contribution in [0.5, 0.6) is 0 Å². The first-order valence-electron chi connectivity index (χ1n) is 12.8. The first-order chi connectivity index (χ1) is 14.0. The van der Waals surface area contributed by atoms with Crippen LogP contribution < -0.4 is 0 Å². The summed E-state index contributed by atoms with van der Waals surface area (Å²) < 4.78 is 5.86. The summed E-state index contributed by atoms with van der Waals surface area (Å²) in [5, 5.41) is 0. The number of ether oxygens (including phenoxy) is 1. The van der Waals surface area contributed by atoms with Gasteiger partial charge >= 0.3 is 5.97 Å². The van der Waals surface area contributed by atoms with E-state index in [0.717, 1.165) is 24.2 Å². The fourth-order valence-corrected chi connectivity index (χ4v) is 10.8. The van der Waals surface area contributed by atoms with Crippen LogP contribution in [-0.2, 0) is 9.53 Å². The monoisotopic (exact) mass is 412 g/mol. The third-order valence-corrected chi connectivity index (χ3v) is 12.4. The van der Waals surface area contributed by atoms with Gasteiger partial charge < -0.3 is 4.74 Å². The zero-order valence-electron chi connectivity index (χ0n) is 20.4. The van der Waals surface area contributed by atoms with Crippen LogP contribution in [-0.4, -0.2) is 12.1 Å². The van der Waals surface area contributed by atoms with Crippen LogP contribution in [0, 0.1) is 50.7 Å². The Morgan fingerprint density at radius 1 is 0.933 bits per heavy atom. The molecule has 0 bridgehead atoms. The van der Waals surface area contributed by atoms with Crippen molar-refractivity contribution in [1.29, 1.82) is 0 Å². The number of allylic oxidation sites excluding steroid dienone is 1. The van der Waals surface area contributed by atoms with Crippen molar-refractivity contribution >= 4 is 5.97 Å². The Morgan fingerprint density at radius 2 is 1.60 bits per heavy atom. The van der Waals surface area contributed by atoms with Crippen molar-refractivity contribution in [2.45, 2.75) is 105 Å². The fourth-order valence-electron chi connectivity index (χ4n) is 10.8. The molecule has 168 valence electrons. The number of hydrogen-bond acceptors (Lipinski definition) is 2. The molecule has 5 rings (SSSR count). The molecule has 2 heteroatoms. The van der Waals surface area contributed by atoms with Crippen LogP contribution in [0.25, 0.3) is 0 Å². The minimum atomic E-state index is -0.0995. The minimum absolute atomic E-state index is 0.0995. The maximum atomic E-state index is 11.8. The molecule has 0 N–H and O–H groups in total. The molecule has 5 fully saturated rings. The van der Waals surface area contributed by atoms with Gasteiger partial charge in [0, 0.05) is 12.3 Å². The lowest BCUT2D eigenvalue weighted by atomic mass is 9.42. The molecule has 5 aliphatic carbocycles. The van der Waals surface area contributed by atoms with Gasteiger partial charge in [-0.3, -0.25) is 4.79 Å². The highest BCUT2D eigenvalue weighted by Crippen LogP contribution is 2.89. The molecule has 0 amide bonds. The van der Waals surface area contributed by atoms with Gasteiger partial charge in [-0.1, -0.05) is 40.7 Å². The van der Waals surface area contributed by atoms with E-state index in [0.29, 0.717) is 27.6 Å². The maximum absolute atomic E-state index is 11.8. The van der Waals surface area contributed by atoms with Crippen LogP contribution in [0.15, 0.2) is 12.7 Å². The lowest BCUT2D eigenvalue weighted by Crippen LogP contribution is -2.58. The van der Waals surface area contributed by atoms with Crippen LogP contribution >= 0.6 is 0 Å². The van der Waals surface area contributed by atoms with E-state index < -0.39 is 0 Å². The molecule has 4 unspecified atom stereocenters. The summed E-state index contributed by atoms with van der Waals surface area (Å²) in [5.74, 6) is 2.95. The van der Waals surface area contributed by atoms with Gasteiger partial charge in [0.2, 0.25) is 0 Å². The highest BCUT2D eigenvalue weighted by atomic mass is 16.5. The van der Waals surface area contributed by atoms with E-state index in [4.69, 9.17) is 4.74 Å². The van der Waals surface area contributed by atoms with Gasteiger partial charge in [0.1, 0.15) is 6.10 Å². The molecule has 0 aromatic heterocycles. The number of esters is 1. The first-order valence-corrected chi connectivity index (χ1v) is 12.8. The van der Waals surface area contributed by atoms with Crippen molar-refractivity contribution in [2.75, 3.05) is 0 Å². The number of carbonyl (C=O) groups is 1. The number of carbonyl (C=O) groups excluding carboxylic acids is 1. The van der Waals surface area contributed by atoms with E-state index in [1.54, 1.807) is 6.92 Å². The molecule has 0 aromatic carbocycles. The standard InChI is InChI=1S/C28H44O2/c1-8-18(2)20-11-13-26(7)22-10-9-21-24(4,5)23(30-19(3)29)12-14-27(21)17-28(22,27)16-15-25(20,26)6/h8,18,20-23H,1,9-17H2,2-7H3/t18-,20?,21?,22?,23?,25-,26+,27-,28+/m1/s1. The summed E-state index contributed by atoms with van der Waals surface area (Å²) in [4.78, 5) is 11.8. The van der Waals surface area contributed by atoms with E-state index in [1.165, 1.54) is 51.4 Å². The Bertz CT molecular complexity index is 769. The summed E-state index contributed by atoms with van der Waals surface area (Å²) in [6.07, 6.45) is 14.5. The van der Waals surface area contributed by atoms with Gasteiger partial charge in [-0.15, -0.1) is 6.58 Å². The van der Waals surface area contributed by atoms with E-state index >= 15 is 0 Å². The largest absolute Gasteiger partial charge is 0.462 e. The van der Waals surface area contributed by atoms with E-state index in [9.17, 15) is 4.79 Å². The summed E-state index contributed by atoms with van der Waals surface area (Å²) >= 11 is 0. The third kappa shape index (κ3) is 2.25. The van der Waals surface area contributed by atoms with Crippen molar-refractivity contribution in [3.63, 3.8) is 0 Å². The van der Waals surface area contributed by atoms with E-state index in [1.807, 2.05) is 0 Å². The summed E-state index contributed by atoms with van der Waals surface area (Å²) in [5.41, 5.74) is 2.17. The number of rotatable bonds is 3. The van der Waals surface area contributed by atoms with Gasteiger partial charge in [0.05, 0.1) is 0 Å². The van der Waals surface area contributed by atoms with Crippen molar-refractivity contribution < 1.29 is 9.53 Å². The molecule has 9 atom stereocenters. The van der Waals surface area contributed by atoms with Gasteiger partial charge in [0.15, 0.2) is 0 Å². The Hall–Kier alpha value is -0.790. The summed E-state index contributed by atoms with van der Waals surface area (Å²) in [7, 11) is 0. The fraction of sp³-hybridized carbons (Fsp3) is 0.893. The minimum Gasteiger partial charge on any atom is -0.462 e. The molecule has 30 heavy (non-hydrogen) atoms. The lowest BCUT2D eigenvalue weighted by molar-refractivity contribution is -0.181. The molecule has 5 saturated carbocycles. The average molecular weight is 413 g/mol. The zero-order valence-corrected chi connectivity index (χ0v) is 20.4. The summed E-state index contributed by atoms with van der Waals surface area (Å²) in [6, 6.07) is 0. The predicted molar refractivity (Wildman–Crippen MR) is 122 cm³/mol. The lowest BCUT2D eigenvalue weighted by Gasteiger charge is -2.63. The van der Waals surface area contributed by atoms with Crippen molar-refractivity contribution in [3.05, 3.63) is 12.7 Å². The molecule has 0 aromatic rings. The SMILES string of the molecule is C=C[C@@H](C)C1CC[C@@]2(C)C3CCC4C(C)(C)C(OC(C)=O)CC[C@@]45C[C@@]35CC[C@]12C. The zero-order chi connectivity index (χ0) is 21.7. The second-order valence-electron chi connectivity index (χ2n) is 13.2. The Kier molecular flexibility index (Phi) is 4.33. The molecule has 0 radical (unpaired) electrons. The van der Waals surface area contributed by atoms with Crippen LogP contribution in [0.3, 0.4) is 0 Å². The van der Waals surface area contributed by atoms with Gasteiger partial charge in [-0.2, -0.15) is 0 Å². The van der Waals surface area contributed by atoms with Crippen LogP contribution in [0.4, 0.5) is 0 Å². The molecule has 0 aliphatic heterocycles. The predicted octanol–water partition coefficient (Wildman–Crippen LogP) is 7.18. The van der Waals surface area contributed by atoms with Crippen molar-refractivity contribution in [3.8, 4) is 0 Å². The first kappa shape index (κ1) is 21.1. The number of hydrogen-bond donors (Lipinski definition) is 0. The average Bonchev–Trinajstić information content (AvgIpc) is 3.26. The normalized spacial score (nSPS) is 54.1. The molecule has 0 saturated heterocycles. The van der Waals surface area contributed by atoms with E-state index in [2.05, 4.69) is 47.3 Å². The Labute approximate surface area is 184 Å². The number of fused-ring (bicyclic) bond motifs is 2. The molecular formula is C28H44O2. The summed E-state index contributed by atoms with van der Waals surface area (Å²) in [6.45, 7) is 18.3. The van der Waals surface area contributed by atoms with Gasteiger partial charge in [-0.05, 0) is 103 Å².